The average molecular weight is 374 g/mol. The zero-order chi connectivity index (χ0) is 18.8. The molecule has 6 heteroatoms. The Kier molecular flexibility index (Phi) is 4.56. The van der Waals surface area contributed by atoms with Crippen LogP contribution >= 0.6 is 11.3 Å². The molecule has 5 nitrogen and oxygen atoms in total. The summed E-state index contributed by atoms with van der Waals surface area (Å²) in [6, 6.07) is 16.0. The number of imidazole rings is 1. The van der Waals surface area contributed by atoms with Crippen LogP contribution < -0.4 is 5.32 Å². The molecule has 0 spiro atoms. The van der Waals surface area contributed by atoms with Crippen LogP contribution in [0.4, 0.5) is 5.69 Å². The van der Waals surface area contributed by atoms with Crippen LogP contribution in [0.3, 0.4) is 0 Å². The fourth-order valence-electron chi connectivity index (χ4n) is 2.97. The summed E-state index contributed by atoms with van der Waals surface area (Å²) >= 11 is 1.40. The predicted octanol–water partition coefficient (Wildman–Crippen LogP) is 4.77. The number of nitrogens with zero attached hydrogens (tertiary/aromatic N) is 3. The Hall–Kier alpha value is -3.25. The number of hydrogen-bond donors (Lipinski definition) is 1. The first kappa shape index (κ1) is 17.2. The fraction of sp³-hybridized carbons (Fsp3) is 0.0952. The van der Waals surface area contributed by atoms with Gasteiger partial charge in [-0.2, -0.15) is 0 Å². The molecule has 1 amide bonds. The van der Waals surface area contributed by atoms with Crippen molar-refractivity contribution in [3.63, 3.8) is 0 Å². The van der Waals surface area contributed by atoms with Crippen LogP contribution in [0.25, 0.3) is 22.6 Å². The van der Waals surface area contributed by atoms with Gasteiger partial charge in [0.25, 0.3) is 5.91 Å². The van der Waals surface area contributed by atoms with E-state index in [0.717, 1.165) is 28.3 Å². The fourth-order valence-corrected chi connectivity index (χ4v) is 3.51. The van der Waals surface area contributed by atoms with Crippen molar-refractivity contribution in [2.75, 3.05) is 5.32 Å². The van der Waals surface area contributed by atoms with Crippen LogP contribution in [0.15, 0.2) is 65.6 Å². The van der Waals surface area contributed by atoms with Crippen molar-refractivity contribution < 1.29 is 4.79 Å². The molecule has 0 fully saturated rings. The van der Waals surface area contributed by atoms with E-state index >= 15 is 0 Å². The van der Waals surface area contributed by atoms with Crippen molar-refractivity contribution in [3.8, 4) is 22.6 Å². The lowest BCUT2D eigenvalue weighted by Gasteiger charge is -2.08. The number of aryl methyl sites for hydroxylation is 1. The van der Waals surface area contributed by atoms with E-state index in [0.29, 0.717) is 5.69 Å². The molecule has 0 unspecified atom stereocenters. The van der Waals surface area contributed by atoms with Gasteiger partial charge in [-0.05, 0) is 30.7 Å². The molecule has 2 aromatic carbocycles. The highest BCUT2D eigenvalue weighted by Gasteiger charge is 2.12. The first-order valence-electron chi connectivity index (χ1n) is 8.50. The van der Waals surface area contributed by atoms with Gasteiger partial charge in [-0.25, -0.2) is 9.97 Å². The number of anilines is 1. The van der Waals surface area contributed by atoms with Crippen LogP contribution in [0.1, 0.15) is 16.1 Å². The number of hydrogen-bond acceptors (Lipinski definition) is 4. The smallest absolute Gasteiger partial charge is 0.275 e. The molecule has 27 heavy (non-hydrogen) atoms. The van der Waals surface area contributed by atoms with Gasteiger partial charge in [0.05, 0.1) is 17.4 Å². The molecule has 0 aliphatic heterocycles. The molecule has 0 atom stereocenters. The highest BCUT2D eigenvalue weighted by Crippen LogP contribution is 2.27. The molecule has 4 aromatic rings. The van der Waals surface area contributed by atoms with E-state index in [1.807, 2.05) is 43.6 Å². The Bertz CT molecular complexity index is 1080. The standard InChI is InChI=1S/C21H18N4OS/c1-14-4-3-5-16(10-14)20-22-11-19(25(20)2)15-6-8-17(9-7-15)24-21(26)18-12-27-13-23-18/h3-13H,1-2H3,(H,24,26). The van der Waals surface area contributed by atoms with Gasteiger partial charge < -0.3 is 9.88 Å². The SMILES string of the molecule is Cc1cccc(-c2ncc(-c3ccc(NC(=O)c4cscn4)cc3)n2C)c1. The first-order valence-corrected chi connectivity index (χ1v) is 9.45. The second-order valence-electron chi connectivity index (χ2n) is 6.30. The largest absolute Gasteiger partial charge is 0.327 e. The molecule has 0 radical (unpaired) electrons. The van der Waals surface area contributed by atoms with Gasteiger partial charge in [0.15, 0.2) is 0 Å². The predicted molar refractivity (Wildman–Crippen MR) is 109 cm³/mol. The molecule has 134 valence electrons. The second-order valence-corrected chi connectivity index (χ2v) is 7.02. The van der Waals surface area contributed by atoms with E-state index in [-0.39, 0.29) is 5.91 Å². The average Bonchev–Trinajstić information content (AvgIpc) is 3.32. The molecule has 2 aromatic heterocycles. The number of aromatic nitrogens is 3. The lowest BCUT2D eigenvalue weighted by molar-refractivity contribution is 0.102. The highest BCUT2D eigenvalue weighted by molar-refractivity contribution is 7.07. The highest BCUT2D eigenvalue weighted by atomic mass is 32.1. The van der Waals surface area contributed by atoms with Gasteiger partial charge in [-0.1, -0.05) is 35.9 Å². The molecule has 1 N–H and O–H groups in total. The molecule has 0 aliphatic rings. The monoisotopic (exact) mass is 374 g/mol. The first-order chi connectivity index (χ1) is 13.1. The Morgan fingerprint density at radius 2 is 1.89 bits per heavy atom. The summed E-state index contributed by atoms with van der Waals surface area (Å²) in [5.74, 6) is 0.723. The number of benzene rings is 2. The van der Waals surface area contributed by atoms with Gasteiger partial charge in [0.1, 0.15) is 11.5 Å². The van der Waals surface area contributed by atoms with Gasteiger partial charge in [0, 0.05) is 23.7 Å². The third-order valence-corrected chi connectivity index (χ3v) is 4.95. The Morgan fingerprint density at radius 1 is 1.07 bits per heavy atom. The molecule has 0 saturated carbocycles. The van der Waals surface area contributed by atoms with E-state index in [1.54, 1.807) is 10.9 Å². The van der Waals surface area contributed by atoms with E-state index < -0.39 is 0 Å². The Balaban J connectivity index is 1.57. The van der Waals surface area contributed by atoms with Gasteiger partial charge in [0.2, 0.25) is 0 Å². The van der Waals surface area contributed by atoms with Crippen molar-refractivity contribution in [1.29, 1.82) is 0 Å². The van der Waals surface area contributed by atoms with Crippen LogP contribution in [-0.2, 0) is 7.05 Å². The summed E-state index contributed by atoms with van der Waals surface area (Å²) in [6.45, 7) is 2.08. The number of carbonyl (C=O) groups is 1. The van der Waals surface area contributed by atoms with Crippen LogP contribution in [0.2, 0.25) is 0 Å². The summed E-state index contributed by atoms with van der Waals surface area (Å²) < 4.78 is 2.08. The van der Waals surface area contributed by atoms with Crippen molar-refractivity contribution >= 4 is 22.9 Å². The normalized spacial score (nSPS) is 10.7. The maximum Gasteiger partial charge on any atom is 0.275 e. The quantitative estimate of drug-likeness (QED) is 0.560. The molecular formula is C21H18N4OS. The third kappa shape index (κ3) is 3.52. The van der Waals surface area contributed by atoms with Gasteiger partial charge in [-0.15, -0.1) is 11.3 Å². The van der Waals surface area contributed by atoms with Gasteiger partial charge in [-0.3, -0.25) is 4.79 Å². The Morgan fingerprint density at radius 3 is 2.59 bits per heavy atom. The second kappa shape index (κ2) is 7.17. The van der Waals surface area contributed by atoms with Crippen LogP contribution in [-0.4, -0.2) is 20.4 Å². The molecule has 0 aliphatic carbocycles. The number of carbonyl (C=O) groups excluding carboxylic acids is 1. The van der Waals surface area contributed by atoms with E-state index in [4.69, 9.17) is 0 Å². The van der Waals surface area contributed by atoms with Crippen molar-refractivity contribution in [1.82, 2.24) is 14.5 Å². The minimum absolute atomic E-state index is 0.203. The lowest BCUT2D eigenvalue weighted by atomic mass is 10.1. The molecule has 4 rings (SSSR count). The number of rotatable bonds is 4. The summed E-state index contributed by atoms with van der Waals surface area (Å²) in [5, 5.41) is 4.59. The summed E-state index contributed by atoms with van der Waals surface area (Å²) in [5.41, 5.74) is 7.16. The summed E-state index contributed by atoms with van der Waals surface area (Å²) in [6.07, 6.45) is 1.88. The van der Waals surface area contributed by atoms with Crippen molar-refractivity contribution in [3.05, 3.63) is 76.9 Å². The van der Waals surface area contributed by atoms with Crippen molar-refractivity contribution in [2.24, 2.45) is 7.05 Å². The summed E-state index contributed by atoms with van der Waals surface area (Å²) in [7, 11) is 2.01. The van der Waals surface area contributed by atoms with Crippen LogP contribution in [0, 0.1) is 6.92 Å². The molecule has 2 heterocycles. The minimum atomic E-state index is -0.203. The van der Waals surface area contributed by atoms with Gasteiger partial charge >= 0.3 is 0 Å². The van der Waals surface area contributed by atoms with Crippen LogP contribution in [0.5, 0.6) is 0 Å². The summed E-state index contributed by atoms with van der Waals surface area (Å²) in [4.78, 5) is 20.7. The molecule has 0 bridgehead atoms. The molecule has 0 saturated heterocycles. The van der Waals surface area contributed by atoms with E-state index in [2.05, 4.69) is 45.0 Å². The maximum absolute atomic E-state index is 12.1. The number of amides is 1. The van der Waals surface area contributed by atoms with E-state index in [1.165, 1.54) is 16.9 Å². The van der Waals surface area contributed by atoms with E-state index in [9.17, 15) is 4.79 Å². The minimum Gasteiger partial charge on any atom is -0.327 e. The Labute approximate surface area is 161 Å². The number of thiazole rings is 1. The zero-order valence-corrected chi connectivity index (χ0v) is 15.8. The molecular weight excluding hydrogens is 356 g/mol. The maximum atomic E-state index is 12.1. The zero-order valence-electron chi connectivity index (χ0n) is 15.0. The number of nitrogens with one attached hydrogen (secondary N) is 1. The van der Waals surface area contributed by atoms with Crippen molar-refractivity contribution in [2.45, 2.75) is 6.92 Å². The third-order valence-electron chi connectivity index (χ3n) is 4.37. The topological polar surface area (TPSA) is 59.8 Å². The lowest BCUT2D eigenvalue weighted by Crippen LogP contribution is -2.11.